The van der Waals surface area contributed by atoms with Crippen LogP contribution in [0.2, 0.25) is 0 Å². The number of hydrogen-bond donors (Lipinski definition) is 0. The molecule has 2 nitrogen and oxygen atoms in total. The van der Waals surface area contributed by atoms with Crippen LogP contribution in [0.15, 0.2) is 23.8 Å². The third kappa shape index (κ3) is 1.43. The molecule has 0 saturated heterocycles. The van der Waals surface area contributed by atoms with E-state index in [2.05, 4.69) is 32.0 Å². The van der Waals surface area contributed by atoms with Gasteiger partial charge >= 0.3 is 5.97 Å². The van der Waals surface area contributed by atoms with Crippen LogP contribution in [-0.2, 0) is 9.53 Å². The molecule has 0 spiro atoms. The number of rotatable bonds is 0. The molecule has 88 valence electrons. The van der Waals surface area contributed by atoms with Crippen molar-refractivity contribution in [1.29, 1.82) is 0 Å². The van der Waals surface area contributed by atoms with Gasteiger partial charge in [-0.05, 0) is 37.3 Å². The Morgan fingerprint density at radius 2 is 2.06 bits per heavy atom. The number of esters is 1. The summed E-state index contributed by atoms with van der Waals surface area (Å²) in [6.07, 6.45) is 0.890. The van der Waals surface area contributed by atoms with Gasteiger partial charge in [0.25, 0.3) is 0 Å². The van der Waals surface area contributed by atoms with Crippen LogP contribution in [0.1, 0.15) is 42.9 Å². The Morgan fingerprint density at radius 1 is 1.29 bits per heavy atom. The third-order valence-corrected chi connectivity index (χ3v) is 3.88. The minimum absolute atomic E-state index is 0.0215. The highest BCUT2D eigenvalue weighted by Crippen LogP contribution is 2.44. The Bertz CT molecular complexity index is 540. The number of ether oxygens (including phenoxy) is 1. The number of carbonyl (C=O) groups is 1. The highest BCUT2D eigenvalue weighted by Gasteiger charge is 2.38. The first-order chi connectivity index (χ1) is 8.08. The van der Waals surface area contributed by atoms with Gasteiger partial charge in [0.2, 0.25) is 0 Å². The van der Waals surface area contributed by atoms with Gasteiger partial charge in [0, 0.05) is 11.1 Å². The zero-order valence-electron chi connectivity index (χ0n) is 10.4. The van der Waals surface area contributed by atoms with Crippen LogP contribution in [0, 0.1) is 6.92 Å². The summed E-state index contributed by atoms with van der Waals surface area (Å²) in [5.41, 5.74) is 5.70. The van der Waals surface area contributed by atoms with Crippen LogP contribution in [-0.4, -0.2) is 12.1 Å². The largest absolute Gasteiger partial charge is 0.454 e. The molecule has 0 aromatic heterocycles. The lowest BCUT2D eigenvalue weighted by Gasteiger charge is -2.28. The molecule has 0 unspecified atom stereocenters. The Balaban J connectivity index is 2.26. The molecule has 1 aliphatic carbocycles. The lowest BCUT2D eigenvalue weighted by Crippen LogP contribution is -2.20. The zero-order valence-corrected chi connectivity index (χ0v) is 10.4. The van der Waals surface area contributed by atoms with E-state index in [1.807, 2.05) is 6.92 Å². The predicted molar refractivity (Wildman–Crippen MR) is 66.7 cm³/mol. The second-order valence-electron chi connectivity index (χ2n) is 5.16. The van der Waals surface area contributed by atoms with E-state index >= 15 is 0 Å². The molecule has 0 bridgehead atoms. The van der Waals surface area contributed by atoms with E-state index in [0.29, 0.717) is 5.92 Å². The fraction of sp³-hybridized carbons (Fsp3) is 0.400. The first-order valence-corrected chi connectivity index (χ1v) is 6.10. The Kier molecular flexibility index (Phi) is 2.15. The number of carbonyl (C=O) groups excluding carboxylic acids is 1. The highest BCUT2D eigenvalue weighted by atomic mass is 16.5. The summed E-state index contributed by atoms with van der Waals surface area (Å²) in [6.45, 7) is 6.16. The van der Waals surface area contributed by atoms with Gasteiger partial charge in [0.15, 0.2) is 0 Å². The summed E-state index contributed by atoms with van der Waals surface area (Å²) in [5, 5.41) is 0. The SMILES string of the molecule is CC1=C2c3cc(C)ccc3[C@H](C)C[C@@H]2OC1=O. The van der Waals surface area contributed by atoms with Crippen molar-refractivity contribution in [2.45, 2.75) is 39.2 Å². The molecule has 2 atom stereocenters. The van der Waals surface area contributed by atoms with Gasteiger partial charge < -0.3 is 4.74 Å². The summed E-state index contributed by atoms with van der Waals surface area (Å²) >= 11 is 0. The number of aryl methyl sites for hydroxylation is 1. The van der Waals surface area contributed by atoms with E-state index in [1.54, 1.807) is 0 Å². The second kappa shape index (κ2) is 3.46. The molecule has 17 heavy (non-hydrogen) atoms. The van der Waals surface area contributed by atoms with E-state index in [0.717, 1.165) is 17.6 Å². The molecule has 2 aliphatic rings. The maximum atomic E-state index is 11.7. The molecule has 0 radical (unpaired) electrons. The second-order valence-corrected chi connectivity index (χ2v) is 5.16. The summed E-state index contributed by atoms with van der Waals surface area (Å²) in [6, 6.07) is 6.51. The maximum Gasteiger partial charge on any atom is 0.334 e. The van der Waals surface area contributed by atoms with E-state index < -0.39 is 0 Å². The van der Waals surface area contributed by atoms with Crippen molar-refractivity contribution in [3.63, 3.8) is 0 Å². The van der Waals surface area contributed by atoms with Crippen LogP contribution in [0.25, 0.3) is 5.57 Å². The summed E-state index contributed by atoms with van der Waals surface area (Å²) in [7, 11) is 0. The van der Waals surface area contributed by atoms with E-state index in [1.165, 1.54) is 16.7 Å². The normalized spacial score (nSPS) is 26.6. The van der Waals surface area contributed by atoms with Gasteiger partial charge in [-0.25, -0.2) is 4.79 Å². The average Bonchev–Trinajstić information content (AvgIpc) is 2.54. The van der Waals surface area contributed by atoms with E-state index in [9.17, 15) is 4.79 Å². The van der Waals surface area contributed by atoms with Gasteiger partial charge in [-0.2, -0.15) is 0 Å². The molecular formula is C15H16O2. The molecule has 1 aliphatic heterocycles. The van der Waals surface area contributed by atoms with Crippen molar-refractivity contribution in [2.75, 3.05) is 0 Å². The summed E-state index contributed by atoms with van der Waals surface area (Å²) in [5.74, 6) is 0.310. The fourth-order valence-corrected chi connectivity index (χ4v) is 2.95. The van der Waals surface area contributed by atoms with Crippen molar-refractivity contribution >= 4 is 11.5 Å². The van der Waals surface area contributed by atoms with Crippen LogP contribution >= 0.6 is 0 Å². The topological polar surface area (TPSA) is 26.3 Å². The van der Waals surface area contributed by atoms with Crippen molar-refractivity contribution < 1.29 is 9.53 Å². The zero-order chi connectivity index (χ0) is 12.2. The first-order valence-electron chi connectivity index (χ1n) is 6.10. The Labute approximate surface area is 101 Å². The molecule has 0 amide bonds. The lowest BCUT2D eigenvalue weighted by molar-refractivity contribution is -0.139. The summed E-state index contributed by atoms with van der Waals surface area (Å²) < 4.78 is 5.43. The van der Waals surface area contributed by atoms with Crippen LogP contribution in [0.4, 0.5) is 0 Å². The van der Waals surface area contributed by atoms with E-state index in [4.69, 9.17) is 4.74 Å². The smallest absolute Gasteiger partial charge is 0.334 e. The quantitative estimate of drug-likeness (QED) is 0.637. The van der Waals surface area contributed by atoms with Crippen molar-refractivity contribution in [3.05, 3.63) is 40.5 Å². The number of fused-ring (bicyclic) bond motifs is 3. The Hall–Kier alpha value is -1.57. The lowest BCUT2D eigenvalue weighted by atomic mass is 9.78. The van der Waals surface area contributed by atoms with Crippen molar-refractivity contribution in [1.82, 2.24) is 0 Å². The summed E-state index contributed by atoms with van der Waals surface area (Å²) in [4.78, 5) is 11.7. The third-order valence-electron chi connectivity index (χ3n) is 3.88. The molecule has 0 fully saturated rings. The minimum atomic E-state index is -0.147. The Morgan fingerprint density at radius 3 is 2.82 bits per heavy atom. The molecule has 3 rings (SSSR count). The maximum absolute atomic E-state index is 11.7. The van der Waals surface area contributed by atoms with Crippen molar-refractivity contribution in [3.8, 4) is 0 Å². The molecular weight excluding hydrogens is 212 g/mol. The minimum Gasteiger partial charge on any atom is -0.454 e. The first kappa shape index (κ1) is 10.6. The predicted octanol–water partition coefficient (Wildman–Crippen LogP) is 3.20. The molecule has 2 heteroatoms. The van der Waals surface area contributed by atoms with Gasteiger partial charge in [0.05, 0.1) is 0 Å². The molecule has 1 aromatic carbocycles. The standard InChI is InChI=1S/C15H16O2/c1-8-4-5-11-9(2)7-13-14(12(11)6-8)10(3)15(16)17-13/h4-6,9,13H,7H2,1-3H3/t9-,13+/m1/s1. The van der Waals surface area contributed by atoms with Crippen molar-refractivity contribution in [2.24, 2.45) is 0 Å². The highest BCUT2D eigenvalue weighted by molar-refractivity contribution is 6.03. The van der Waals surface area contributed by atoms with Gasteiger partial charge in [-0.15, -0.1) is 0 Å². The number of benzene rings is 1. The number of hydrogen-bond acceptors (Lipinski definition) is 2. The van der Waals surface area contributed by atoms with Gasteiger partial charge in [-0.1, -0.05) is 30.7 Å². The monoisotopic (exact) mass is 228 g/mol. The molecule has 0 saturated carbocycles. The van der Waals surface area contributed by atoms with Gasteiger partial charge in [0.1, 0.15) is 6.10 Å². The van der Waals surface area contributed by atoms with Crippen LogP contribution in [0.3, 0.4) is 0 Å². The van der Waals surface area contributed by atoms with Crippen LogP contribution < -0.4 is 0 Å². The fourth-order valence-electron chi connectivity index (χ4n) is 2.95. The van der Waals surface area contributed by atoms with Crippen LogP contribution in [0.5, 0.6) is 0 Å². The molecule has 1 heterocycles. The van der Waals surface area contributed by atoms with E-state index in [-0.39, 0.29) is 12.1 Å². The molecule has 1 aromatic rings. The molecule has 0 N–H and O–H groups in total. The van der Waals surface area contributed by atoms with Gasteiger partial charge in [-0.3, -0.25) is 0 Å². The average molecular weight is 228 g/mol.